The fraction of sp³-hybridized carbons (Fsp3) is 0.265. The van der Waals surface area contributed by atoms with E-state index in [1.165, 1.54) is 31.4 Å². The molecule has 7 rings (SSSR count). The van der Waals surface area contributed by atoms with E-state index in [4.69, 9.17) is 4.98 Å². The molecule has 6 aromatic rings. The first-order valence-corrected chi connectivity index (χ1v) is 17.4. The normalized spacial score (nSPS) is 14.2. The van der Waals surface area contributed by atoms with Crippen molar-refractivity contribution in [3.05, 3.63) is 78.5 Å². The Balaban J connectivity index is 1.18. The molecule has 2 aromatic carbocycles. The lowest BCUT2D eigenvalue weighted by molar-refractivity contribution is -0.117. The van der Waals surface area contributed by atoms with Crippen LogP contribution < -0.4 is 10.0 Å². The van der Waals surface area contributed by atoms with E-state index in [9.17, 15) is 17.6 Å². The zero-order chi connectivity index (χ0) is 32.5. The summed E-state index contributed by atoms with van der Waals surface area (Å²) < 4.78 is 40.2. The lowest BCUT2D eigenvalue weighted by Crippen LogP contribution is -2.21. The van der Waals surface area contributed by atoms with Crippen LogP contribution in [0, 0.1) is 11.7 Å². The number of pyridine rings is 2. The fourth-order valence-electron chi connectivity index (χ4n) is 6.27. The number of benzene rings is 2. The first kappa shape index (κ1) is 30.6. The number of carbonyl (C=O) groups excluding carboxylic acids is 1. The maximum absolute atomic E-state index is 14.6. The Morgan fingerprint density at radius 1 is 1.00 bits per heavy atom. The van der Waals surface area contributed by atoms with E-state index < -0.39 is 15.8 Å². The van der Waals surface area contributed by atoms with Crippen molar-refractivity contribution in [2.45, 2.75) is 45.1 Å². The number of nitrogens with zero attached hydrogens (tertiary/aromatic N) is 4. The van der Waals surface area contributed by atoms with Crippen LogP contribution >= 0.6 is 0 Å². The van der Waals surface area contributed by atoms with Gasteiger partial charge < -0.3 is 10.3 Å². The first-order valence-electron chi connectivity index (χ1n) is 15.5. The monoisotopic (exact) mass is 652 g/mol. The Morgan fingerprint density at radius 2 is 1.85 bits per heavy atom. The number of H-pyrrole nitrogens is 2. The van der Waals surface area contributed by atoms with Gasteiger partial charge in [0.1, 0.15) is 11.5 Å². The minimum atomic E-state index is -3.44. The molecular weight excluding hydrogens is 619 g/mol. The van der Waals surface area contributed by atoms with Crippen molar-refractivity contribution >= 4 is 43.6 Å². The number of aromatic nitrogens is 6. The summed E-state index contributed by atoms with van der Waals surface area (Å²) in [6, 6.07) is 13.8. The van der Waals surface area contributed by atoms with Gasteiger partial charge in [-0.25, -0.2) is 22.5 Å². The predicted octanol–water partition coefficient (Wildman–Crippen LogP) is 6.33. The number of imidazole rings is 1. The van der Waals surface area contributed by atoms with Crippen LogP contribution in [0.5, 0.6) is 0 Å². The predicted molar refractivity (Wildman–Crippen MR) is 179 cm³/mol. The number of para-hydroxylation sites is 1. The molecule has 240 valence electrons. The Morgan fingerprint density at radius 3 is 2.68 bits per heavy atom. The summed E-state index contributed by atoms with van der Waals surface area (Å²) in [5, 5.41) is 11.3. The van der Waals surface area contributed by atoms with E-state index >= 15 is 0 Å². The van der Waals surface area contributed by atoms with Gasteiger partial charge in [0, 0.05) is 35.7 Å². The zero-order valence-corrected chi connectivity index (χ0v) is 26.5. The molecule has 1 aliphatic rings. The van der Waals surface area contributed by atoms with Gasteiger partial charge in [-0.3, -0.25) is 19.9 Å². The molecule has 0 spiro atoms. The average molecular weight is 653 g/mol. The van der Waals surface area contributed by atoms with Crippen LogP contribution in [0.2, 0.25) is 0 Å². The Bertz CT molecular complexity index is 2220. The van der Waals surface area contributed by atoms with Crippen molar-refractivity contribution in [2.75, 3.05) is 11.6 Å². The molecule has 0 atom stereocenters. The highest BCUT2D eigenvalue weighted by Gasteiger charge is 2.19. The molecule has 1 fully saturated rings. The SMILES string of the molecule is CS(=O)(=O)NCc1cc(F)cc(-c2cccc3[nH]c(-c4n[nH]c5cnc(-c6cncc(NC(=O)CC7CCCCC7)c6)cc45)nc23)c1. The second kappa shape index (κ2) is 12.6. The standard InChI is InChI=1S/C34H33FN8O3S/c1-47(45,46)38-16-21-10-22(13-24(35)11-21)26-8-5-9-28-32(26)41-34(40-28)33-27-15-29(37-19-30(27)42-43-33)23-14-25(18-36-17-23)39-31(44)12-20-6-3-2-4-7-20/h5,8-11,13-15,17-20,38H,2-4,6-7,12,16H2,1H3,(H,39,44)(H,40,41)(H,42,43). The van der Waals surface area contributed by atoms with E-state index in [0.29, 0.717) is 63.0 Å². The molecule has 47 heavy (non-hydrogen) atoms. The summed E-state index contributed by atoms with van der Waals surface area (Å²) in [6.07, 6.45) is 12.5. The smallest absolute Gasteiger partial charge is 0.224 e. The fourth-order valence-corrected chi connectivity index (χ4v) is 6.70. The van der Waals surface area contributed by atoms with Gasteiger partial charge in [0.2, 0.25) is 15.9 Å². The number of amides is 1. The molecule has 0 bridgehead atoms. The van der Waals surface area contributed by atoms with E-state index in [0.717, 1.165) is 35.6 Å². The number of aromatic amines is 2. The average Bonchev–Trinajstić information content (AvgIpc) is 3.68. The molecule has 4 aromatic heterocycles. The molecule has 4 N–H and O–H groups in total. The Hall–Kier alpha value is -5.01. The van der Waals surface area contributed by atoms with Crippen molar-refractivity contribution in [3.8, 4) is 33.9 Å². The van der Waals surface area contributed by atoms with Gasteiger partial charge >= 0.3 is 0 Å². The summed E-state index contributed by atoms with van der Waals surface area (Å²) >= 11 is 0. The largest absolute Gasteiger partial charge is 0.337 e. The Kier molecular flexibility index (Phi) is 8.24. The maximum atomic E-state index is 14.6. The molecule has 11 nitrogen and oxygen atoms in total. The number of anilines is 1. The number of fused-ring (bicyclic) bond motifs is 2. The molecule has 4 heterocycles. The third-order valence-corrected chi connectivity index (χ3v) is 9.18. The van der Waals surface area contributed by atoms with Crippen LogP contribution in [-0.4, -0.2) is 50.7 Å². The van der Waals surface area contributed by atoms with E-state index in [1.807, 2.05) is 30.3 Å². The topological polar surface area (TPSA) is 158 Å². The second-order valence-corrected chi connectivity index (χ2v) is 14.0. The van der Waals surface area contributed by atoms with Crippen LogP contribution in [0.4, 0.5) is 10.1 Å². The highest BCUT2D eigenvalue weighted by Crippen LogP contribution is 2.34. The number of halogens is 1. The van der Waals surface area contributed by atoms with Crippen LogP contribution in [-0.2, 0) is 21.4 Å². The van der Waals surface area contributed by atoms with Crippen LogP contribution in [0.3, 0.4) is 0 Å². The van der Waals surface area contributed by atoms with Gasteiger partial charge in [-0.2, -0.15) is 5.10 Å². The summed E-state index contributed by atoms with van der Waals surface area (Å²) in [5.41, 5.74) is 6.38. The number of hydrogen-bond acceptors (Lipinski definition) is 7. The number of nitrogens with one attached hydrogen (secondary N) is 4. The van der Waals surface area contributed by atoms with Gasteiger partial charge in [-0.1, -0.05) is 31.4 Å². The number of carbonyl (C=O) groups is 1. The molecule has 13 heteroatoms. The molecule has 1 amide bonds. The van der Waals surface area contributed by atoms with Gasteiger partial charge in [0.05, 0.1) is 46.6 Å². The molecule has 0 unspecified atom stereocenters. The quantitative estimate of drug-likeness (QED) is 0.142. The second-order valence-electron chi connectivity index (χ2n) is 12.1. The maximum Gasteiger partial charge on any atom is 0.224 e. The van der Waals surface area contributed by atoms with Crippen molar-refractivity contribution in [3.63, 3.8) is 0 Å². The van der Waals surface area contributed by atoms with Crippen LogP contribution in [0.15, 0.2) is 67.1 Å². The van der Waals surface area contributed by atoms with Crippen molar-refractivity contribution in [1.29, 1.82) is 0 Å². The van der Waals surface area contributed by atoms with Crippen LogP contribution in [0.25, 0.3) is 55.8 Å². The molecule has 0 aliphatic heterocycles. The van der Waals surface area contributed by atoms with E-state index in [2.05, 4.69) is 35.2 Å². The highest BCUT2D eigenvalue weighted by molar-refractivity contribution is 7.88. The minimum Gasteiger partial charge on any atom is -0.337 e. The summed E-state index contributed by atoms with van der Waals surface area (Å²) in [6.45, 7) is -0.0354. The Labute approximate surface area is 270 Å². The third-order valence-electron chi connectivity index (χ3n) is 8.51. The summed E-state index contributed by atoms with van der Waals surface area (Å²) in [4.78, 5) is 29.9. The minimum absolute atomic E-state index is 0.000623. The van der Waals surface area contributed by atoms with Crippen LogP contribution in [0.1, 0.15) is 44.1 Å². The molecule has 1 aliphatic carbocycles. The summed E-state index contributed by atoms with van der Waals surface area (Å²) in [5.74, 6) is 0.461. The number of hydrogen-bond donors (Lipinski definition) is 4. The lowest BCUT2D eigenvalue weighted by Gasteiger charge is -2.20. The van der Waals surface area contributed by atoms with Crippen molar-refractivity contribution in [2.24, 2.45) is 5.92 Å². The van der Waals surface area contributed by atoms with Gasteiger partial charge in [-0.15, -0.1) is 0 Å². The third kappa shape index (κ3) is 6.91. The first-order chi connectivity index (χ1) is 22.7. The van der Waals surface area contributed by atoms with Gasteiger partial charge in [0.15, 0.2) is 5.82 Å². The molecule has 1 saturated carbocycles. The zero-order valence-electron chi connectivity index (χ0n) is 25.7. The molecule has 0 saturated heterocycles. The van der Waals surface area contributed by atoms with Gasteiger partial charge in [-0.05, 0) is 66.3 Å². The molecule has 0 radical (unpaired) electrons. The van der Waals surface area contributed by atoms with Crippen molar-refractivity contribution in [1.82, 2.24) is 34.9 Å². The molecular formula is C34H33FN8O3S. The van der Waals surface area contributed by atoms with Crippen molar-refractivity contribution < 1.29 is 17.6 Å². The van der Waals surface area contributed by atoms with E-state index in [1.54, 1.807) is 24.7 Å². The number of rotatable bonds is 9. The van der Waals surface area contributed by atoms with E-state index in [-0.39, 0.29) is 12.5 Å². The lowest BCUT2D eigenvalue weighted by atomic mass is 9.87. The highest BCUT2D eigenvalue weighted by atomic mass is 32.2. The summed E-state index contributed by atoms with van der Waals surface area (Å²) in [7, 11) is -3.44. The van der Waals surface area contributed by atoms with Gasteiger partial charge in [0.25, 0.3) is 0 Å². The number of sulfonamides is 1.